The van der Waals surface area contributed by atoms with Crippen molar-refractivity contribution in [2.24, 2.45) is 0 Å². The van der Waals surface area contributed by atoms with Gasteiger partial charge in [0.05, 0.1) is 5.69 Å². The van der Waals surface area contributed by atoms with Crippen molar-refractivity contribution >= 4 is 22.8 Å². The van der Waals surface area contributed by atoms with E-state index in [4.69, 9.17) is 0 Å². The quantitative estimate of drug-likeness (QED) is 0.554. The second-order valence-electron chi connectivity index (χ2n) is 7.22. The molecule has 8 heteroatoms. The highest BCUT2D eigenvalue weighted by Gasteiger charge is 2.15. The van der Waals surface area contributed by atoms with Crippen LogP contribution in [0.1, 0.15) is 23.6 Å². The SMILES string of the molecule is CCc1ccc(NC(=O)Cn2cnc3c(nnn3-c3ccc(C)c(C)c3)c2=O)cc1. The summed E-state index contributed by atoms with van der Waals surface area (Å²) in [6.07, 6.45) is 2.28. The smallest absolute Gasteiger partial charge is 0.284 e. The first kappa shape index (κ1) is 19.5. The molecule has 2 heterocycles. The predicted molar refractivity (Wildman–Crippen MR) is 115 cm³/mol. The van der Waals surface area contributed by atoms with E-state index in [1.807, 2.05) is 56.3 Å². The van der Waals surface area contributed by atoms with Gasteiger partial charge in [0.25, 0.3) is 5.56 Å². The van der Waals surface area contributed by atoms with Gasteiger partial charge in [-0.05, 0) is 61.2 Å². The maximum atomic E-state index is 12.8. The van der Waals surface area contributed by atoms with Gasteiger partial charge in [0.1, 0.15) is 12.9 Å². The number of nitrogens with one attached hydrogen (secondary N) is 1. The van der Waals surface area contributed by atoms with Crippen LogP contribution in [0.25, 0.3) is 16.9 Å². The Bertz CT molecular complexity index is 1290. The first-order valence-corrected chi connectivity index (χ1v) is 9.73. The van der Waals surface area contributed by atoms with Gasteiger partial charge in [-0.3, -0.25) is 14.2 Å². The summed E-state index contributed by atoms with van der Waals surface area (Å²) in [6.45, 7) is 5.94. The molecule has 0 unspecified atom stereocenters. The van der Waals surface area contributed by atoms with Crippen LogP contribution in [-0.4, -0.2) is 30.5 Å². The molecule has 0 saturated carbocycles. The molecule has 0 fully saturated rings. The van der Waals surface area contributed by atoms with E-state index in [9.17, 15) is 9.59 Å². The van der Waals surface area contributed by atoms with E-state index in [1.165, 1.54) is 21.1 Å². The standard InChI is InChI=1S/C22H22N6O2/c1-4-16-6-8-17(9-7-16)24-19(29)12-27-13-23-21-20(22(27)30)25-26-28(21)18-10-5-14(2)15(3)11-18/h5-11,13H,4,12H2,1-3H3,(H,24,29). The summed E-state index contributed by atoms with van der Waals surface area (Å²) in [6, 6.07) is 13.5. The first-order chi connectivity index (χ1) is 14.5. The van der Waals surface area contributed by atoms with Gasteiger partial charge in [-0.1, -0.05) is 30.3 Å². The second kappa shape index (κ2) is 7.90. The van der Waals surface area contributed by atoms with Crippen LogP contribution >= 0.6 is 0 Å². The maximum Gasteiger partial charge on any atom is 0.284 e. The zero-order valence-corrected chi connectivity index (χ0v) is 17.1. The average Bonchev–Trinajstić information content (AvgIpc) is 3.17. The monoisotopic (exact) mass is 402 g/mol. The van der Waals surface area contributed by atoms with Crippen molar-refractivity contribution in [1.29, 1.82) is 0 Å². The predicted octanol–water partition coefficient (Wildman–Crippen LogP) is 2.80. The van der Waals surface area contributed by atoms with Crippen LogP contribution in [0.5, 0.6) is 0 Å². The van der Waals surface area contributed by atoms with Gasteiger partial charge in [0.2, 0.25) is 5.91 Å². The van der Waals surface area contributed by atoms with E-state index in [2.05, 4.69) is 27.5 Å². The molecule has 0 aliphatic rings. The number of amides is 1. The van der Waals surface area contributed by atoms with E-state index in [1.54, 1.807) is 0 Å². The lowest BCUT2D eigenvalue weighted by molar-refractivity contribution is -0.116. The van der Waals surface area contributed by atoms with Crippen LogP contribution in [-0.2, 0) is 17.8 Å². The molecule has 4 aromatic rings. The number of aryl methyl sites for hydroxylation is 3. The van der Waals surface area contributed by atoms with E-state index in [0.717, 1.165) is 23.2 Å². The number of rotatable bonds is 5. The number of carbonyl (C=O) groups excluding carboxylic acids is 1. The number of anilines is 1. The lowest BCUT2D eigenvalue weighted by atomic mass is 10.1. The van der Waals surface area contributed by atoms with Crippen molar-refractivity contribution in [3.63, 3.8) is 0 Å². The fraction of sp³-hybridized carbons (Fsp3) is 0.227. The molecule has 2 aromatic carbocycles. The number of benzene rings is 2. The van der Waals surface area contributed by atoms with Crippen LogP contribution < -0.4 is 10.9 Å². The molecule has 0 bridgehead atoms. The Labute approximate surface area is 173 Å². The molecule has 30 heavy (non-hydrogen) atoms. The van der Waals surface area contributed by atoms with Crippen molar-refractivity contribution < 1.29 is 4.79 Å². The third kappa shape index (κ3) is 3.71. The number of nitrogens with zero attached hydrogens (tertiary/aromatic N) is 5. The molecule has 0 saturated heterocycles. The van der Waals surface area contributed by atoms with E-state index in [-0.39, 0.29) is 18.0 Å². The normalized spacial score (nSPS) is 11.0. The van der Waals surface area contributed by atoms with Crippen molar-refractivity contribution in [2.75, 3.05) is 5.32 Å². The molecule has 0 aliphatic carbocycles. The van der Waals surface area contributed by atoms with Crippen molar-refractivity contribution in [1.82, 2.24) is 24.5 Å². The minimum Gasteiger partial charge on any atom is -0.325 e. The van der Waals surface area contributed by atoms with Crippen LogP contribution in [0.3, 0.4) is 0 Å². The van der Waals surface area contributed by atoms with E-state index >= 15 is 0 Å². The van der Waals surface area contributed by atoms with Gasteiger partial charge < -0.3 is 5.32 Å². The second-order valence-corrected chi connectivity index (χ2v) is 7.22. The highest BCUT2D eigenvalue weighted by Crippen LogP contribution is 2.16. The van der Waals surface area contributed by atoms with Crippen LogP contribution in [0.15, 0.2) is 53.6 Å². The zero-order chi connectivity index (χ0) is 21.3. The summed E-state index contributed by atoms with van der Waals surface area (Å²) in [5, 5.41) is 10.9. The number of fused-ring (bicyclic) bond motifs is 1. The maximum absolute atomic E-state index is 12.8. The van der Waals surface area contributed by atoms with Crippen LogP contribution in [0, 0.1) is 13.8 Å². The fourth-order valence-electron chi connectivity index (χ4n) is 3.17. The highest BCUT2D eigenvalue weighted by molar-refractivity contribution is 5.90. The highest BCUT2D eigenvalue weighted by atomic mass is 16.2. The van der Waals surface area contributed by atoms with Gasteiger partial charge in [0.15, 0.2) is 11.2 Å². The minimum atomic E-state index is -0.411. The van der Waals surface area contributed by atoms with Crippen molar-refractivity contribution in [3.05, 3.63) is 75.8 Å². The Balaban J connectivity index is 1.58. The lowest BCUT2D eigenvalue weighted by Gasteiger charge is -2.08. The van der Waals surface area contributed by atoms with Gasteiger partial charge in [-0.2, -0.15) is 4.68 Å². The molecule has 1 N–H and O–H groups in total. The Kier molecular flexibility index (Phi) is 5.14. The van der Waals surface area contributed by atoms with Crippen LogP contribution in [0.2, 0.25) is 0 Å². The van der Waals surface area contributed by atoms with Crippen molar-refractivity contribution in [2.45, 2.75) is 33.7 Å². The van der Waals surface area contributed by atoms with Gasteiger partial charge in [-0.25, -0.2) is 4.98 Å². The molecule has 8 nitrogen and oxygen atoms in total. The van der Waals surface area contributed by atoms with Gasteiger partial charge in [0, 0.05) is 5.69 Å². The number of aromatic nitrogens is 5. The summed E-state index contributed by atoms with van der Waals surface area (Å²) >= 11 is 0. The molecule has 1 amide bonds. The molecular weight excluding hydrogens is 380 g/mol. The molecule has 0 atom stereocenters. The molecular formula is C22H22N6O2. The van der Waals surface area contributed by atoms with E-state index < -0.39 is 5.56 Å². The summed E-state index contributed by atoms with van der Waals surface area (Å²) in [5.41, 5.74) is 4.98. The zero-order valence-electron chi connectivity index (χ0n) is 17.1. The van der Waals surface area contributed by atoms with Crippen molar-refractivity contribution in [3.8, 4) is 5.69 Å². The minimum absolute atomic E-state index is 0.121. The molecule has 4 rings (SSSR count). The Morgan fingerprint density at radius 1 is 1.07 bits per heavy atom. The molecule has 0 radical (unpaired) electrons. The van der Waals surface area contributed by atoms with Gasteiger partial charge >= 0.3 is 0 Å². The topological polar surface area (TPSA) is 94.7 Å². The average molecular weight is 402 g/mol. The molecule has 152 valence electrons. The largest absolute Gasteiger partial charge is 0.325 e. The Morgan fingerprint density at radius 2 is 1.83 bits per heavy atom. The number of carbonyl (C=O) groups is 1. The summed E-state index contributed by atoms with van der Waals surface area (Å²) in [7, 11) is 0. The number of hydrogen-bond acceptors (Lipinski definition) is 5. The fourth-order valence-corrected chi connectivity index (χ4v) is 3.17. The Hall–Kier alpha value is -3.81. The van der Waals surface area contributed by atoms with Gasteiger partial charge in [-0.15, -0.1) is 5.10 Å². The third-order valence-corrected chi connectivity index (χ3v) is 5.12. The summed E-state index contributed by atoms with van der Waals surface area (Å²) in [4.78, 5) is 29.5. The molecule has 0 aliphatic heterocycles. The Morgan fingerprint density at radius 3 is 2.53 bits per heavy atom. The molecule has 2 aromatic heterocycles. The first-order valence-electron chi connectivity index (χ1n) is 9.73. The summed E-state index contributed by atoms with van der Waals surface area (Å²) in [5.74, 6) is -0.316. The molecule has 0 spiro atoms. The third-order valence-electron chi connectivity index (χ3n) is 5.12. The van der Waals surface area contributed by atoms with E-state index in [0.29, 0.717) is 11.3 Å². The lowest BCUT2D eigenvalue weighted by Crippen LogP contribution is -2.28. The summed E-state index contributed by atoms with van der Waals surface area (Å²) < 4.78 is 2.76. The number of hydrogen-bond donors (Lipinski definition) is 1. The van der Waals surface area contributed by atoms with Crippen LogP contribution in [0.4, 0.5) is 5.69 Å².